The molecule has 0 radical (unpaired) electrons. The molecule has 2 aromatic rings. The van der Waals surface area contributed by atoms with Crippen molar-refractivity contribution >= 4 is 34.8 Å². The first-order valence-corrected chi connectivity index (χ1v) is 6.66. The quantitative estimate of drug-likeness (QED) is 0.685. The zero-order valence-corrected chi connectivity index (χ0v) is 11.1. The third-order valence-corrected chi connectivity index (χ3v) is 4.54. The molecular weight excluding hydrogens is 312 g/mol. The van der Waals surface area contributed by atoms with Gasteiger partial charge in [0.25, 0.3) is 5.69 Å². The van der Waals surface area contributed by atoms with Crippen molar-refractivity contribution in [3.8, 4) is 0 Å². The number of carboxylic acid groups (broad SMARTS) is 1. The number of nitro groups is 1. The van der Waals surface area contributed by atoms with Gasteiger partial charge in [-0.2, -0.15) is 0 Å². The molecule has 0 amide bonds. The SMILES string of the molecule is O=C(O)c1cc([N+](=O)[O-])c(Sc2ccc(F)cc2F)s1. The Hall–Kier alpha value is -2.00. The van der Waals surface area contributed by atoms with Crippen LogP contribution in [0.2, 0.25) is 0 Å². The predicted octanol–water partition coefficient (Wildman–Crippen LogP) is 3.78. The van der Waals surface area contributed by atoms with Gasteiger partial charge in [0.1, 0.15) is 20.7 Å². The topological polar surface area (TPSA) is 80.4 Å². The van der Waals surface area contributed by atoms with E-state index >= 15 is 0 Å². The van der Waals surface area contributed by atoms with Crippen LogP contribution in [-0.2, 0) is 0 Å². The van der Waals surface area contributed by atoms with E-state index in [2.05, 4.69) is 0 Å². The Bertz CT molecular complexity index is 702. The monoisotopic (exact) mass is 317 g/mol. The molecule has 20 heavy (non-hydrogen) atoms. The van der Waals surface area contributed by atoms with Crippen molar-refractivity contribution in [3.63, 3.8) is 0 Å². The fraction of sp³-hybridized carbons (Fsp3) is 0. The molecule has 1 aromatic carbocycles. The van der Waals surface area contributed by atoms with E-state index in [-0.39, 0.29) is 14.0 Å². The first-order chi connectivity index (χ1) is 9.38. The molecule has 0 unspecified atom stereocenters. The maximum Gasteiger partial charge on any atom is 0.346 e. The molecule has 1 heterocycles. The summed E-state index contributed by atoms with van der Waals surface area (Å²) in [5, 5.41) is 19.7. The maximum atomic E-state index is 13.5. The van der Waals surface area contributed by atoms with Crippen molar-refractivity contribution in [2.24, 2.45) is 0 Å². The minimum Gasteiger partial charge on any atom is -0.477 e. The van der Waals surface area contributed by atoms with Crippen molar-refractivity contribution in [2.75, 3.05) is 0 Å². The summed E-state index contributed by atoms with van der Waals surface area (Å²) in [6.07, 6.45) is 0. The average molecular weight is 317 g/mol. The molecule has 9 heteroatoms. The number of nitrogens with zero attached hydrogens (tertiary/aromatic N) is 1. The smallest absolute Gasteiger partial charge is 0.346 e. The van der Waals surface area contributed by atoms with Crippen LogP contribution in [-0.4, -0.2) is 16.0 Å². The molecule has 0 spiro atoms. The lowest BCUT2D eigenvalue weighted by Crippen LogP contribution is -1.91. The van der Waals surface area contributed by atoms with Crippen LogP contribution in [0.4, 0.5) is 14.5 Å². The van der Waals surface area contributed by atoms with Crippen LogP contribution in [0, 0.1) is 21.7 Å². The number of hydrogen-bond donors (Lipinski definition) is 1. The second-order valence-electron chi connectivity index (χ2n) is 3.52. The summed E-state index contributed by atoms with van der Waals surface area (Å²) in [5.41, 5.74) is -0.416. The van der Waals surface area contributed by atoms with Crippen LogP contribution in [0.15, 0.2) is 33.4 Å². The Balaban J connectivity index is 2.42. The second kappa shape index (κ2) is 5.55. The van der Waals surface area contributed by atoms with Crippen LogP contribution in [0.25, 0.3) is 0 Å². The molecule has 0 aliphatic carbocycles. The lowest BCUT2D eigenvalue weighted by atomic mass is 10.3. The molecule has 1 N–H and O–H groups in total. The Morgan fingerprint density at radius 2 is 2.05 bits per heavy atom. The predicted molar refractivity (Wildman–Crippen MR) is 68.4 cm³/mol. The molecule has 0 fully saturated rings. The van der Waals surface area contributed by atoms with Crippen molar-refractivity contribution in [3.05, 3.63) is 50.9 Å². The van der Waals surface area contributed by atoms with Gasteiger partial charge < -0.3 is 5.11 Å². The summed E-state index contributed by atoms with van der Waals surface area (Å²) in [4.78, 5) is 20.7. The molecule has 0 bridgehead atoms. The van der Waals surface area contributed by atoms with E-state index < -0.39 is 28.2 Å². The standard InChI is InChI=1S/C11H5F2NO4S2/c12-5-1-2-8(6(13)3-5)19-11-7(14(17)18)4-9(20-11)10(15)16/h1-4H,(H,15,16). The van der Waals surface area contributed by atoms with Gasteiger partial charge in [0, 0.05) is 17.0 Å². The molecule has 1 aromatic heterocycles. The van der Waals surface area contributed by atoms with Crippen molar-refractivity contribution < 1.29 is 23.6 Å². The number of aromatic carboxylic acids is 1. The van der Waals surface area contributed by atoms with Gasteiger partial charge in [0.15, 0.2) is 0 Å². The largest absolute Gasteiger partial charge is 0.477 e. The van der Waals surface area contributed by atoms with Gasteiger partial charge in [-0.05, 0) is 12.1 Å². The molecule has 2 rings (SSSR count). The van der Waals surface area contributed by atoms with E-state index in [0.717, 1.165) is 18.2 Å². The normalized spacial score (nSPS) is 10.5. The molecule has 0 saturated heterocycles. The van der Waals surface area contributed by atoms with Gasteiger partial charge in [-0.15, -0.1) is 11.3 Å². The third-order valence-electron chi connectivity index (χ3n) is 2.18. The Morgan fingerprint density at radius 1 is 1.35 bits per heavy atom. The lowest BCUT2D eigenvalue weighted by molar-refractivity contribution is -0.387. The van der Waals surface area contributed by atoms with Gasteiger partial charge >= 0.3 is 5.97 Å². The number of hydrogen-bond acceptors (Lipinski definition) is 5. The number of benzene rings is 1. The number of halogens is 2. The Labute approximate surface area is 119 Å². The number of carboxylic acids is 1. The second-order valence-corrected chi connectivity index (χ2v) is 5.89. The van der Waals surface area contributed by atoms with Gasteiger partial charge in [-0.25, -0.2) is 13.6 Å². The fourth-order valence-electron chi connectivity index (χ4n) is 1.33. The van der Waals surface area contributed by atoms with Gasteiger partial charge in [-0.1, -0.05) is 11.8 Å². The van der Waals surface area contributed by atoms with E-state index in [1.807, 2.05) is 0 Å². The highest BCUT2D eigenvalue weighted by Crippen LogP contribution is 2.42. The Morgan fingerprint density at radius 3 is 2.60 bits per heavy atom. The highest BCUT2D eigenvalue weighted by Gasteiger charge is 2.23. The van der Waals surface area contributed by atoms with E-state index in [0.29, 0.717) is 29.2 Å². The van der Waals surface area contributed by atoms with Crippen LogP contribution < -0.4 is 0 Å². The highest BCUT2D eigenvalue weighted by molar-refractivity contribution is 8.01. The van der Waals surface area contributed by atoms with Gasteiger partial charge in [0.2, 0.25) is 0 Å². The summed E-state index contributed by atoms with van der Waals surface area (Å²) in [7, 11) is 0. The summed E-state index contributed by atoms with van der Waals surface area (Å²) < 4.78 is 26.3. The third kappa shape index (κ3) is 2.94. The summed E-state index contributed by atoms with van der Waals surface area (Å²) in [6, 6.07) is 3.72. The van der Waals surface area contributed by atoms with E-state index in [9.17, 15) is 23.7 Å². The highest BCUT2D eigenvalue weighted by atomic mass is 32.2. The summed E-state index contributed by atoms with van der Waals surface area (Å²) in [5.74, 6) is -2.93. The average Bonchev–Trinajstić information content (AvgIpc) is 2.77. The van der Waals surface area contributed by atoms with Crippen molar-refractivity contribution in [1.82, 2.24) is 0 Å². The molecule has 0 aliphatic rings. The molecule has 0 saturated carbocycles. The summed E-state index contributed by atoms with van der Waals surface area (Å²) in [6.45, 7) is 0. The molecule has 0 atom stereocenters. The zero-order chi connectivity index (χ0) is 14.9. The fourth-order valence-corrected chi connectivity index (χ4v) is 3.46. The summed E-state index contributed by atoms with van der Waals surface area (Å²) >= 11 is 1.35. The minimum atomic E-state index is -1.30. The van der Waals surface area contributed by atoms with Crippen LogP contribution in [0.5, 0.6) is 0 Å². The molecular formula is C11H5F2NO4S2. The van der Waals surface area contributed by atoms with Crippen molar-refractivity contribution in [1.29, 1.82) is 0 Å². The first kappa shape index (κ1) is 14.4. The zero-order valence-electron chi connectivity index (χ0n) is 9.50. The van der Waals surface area contributed by atoms with Crippen LogP contribution >= 0.6 is 23.1 Å². The molecule has 104 valence electrons. The minimum absolute atomic E-state index is 0.0201. The lowest BCUT2D eigenvalue weighted by Gasteiger charge is -2.00. The Kier molecular flexibility index (Phi) is 4.00. The molecule has 0 aliphatic heterocycles. The molecule has 5 nitrogen and oxygen atoms in total. The number of thiophene rings is 1. The van der Waals surface area contributed by atoms with Crippen LogP contribution in [0.3, 0.4) is 0 Å². The maximum absolute atomic E-state index is 13.5. The van der Waals surface area contributed by atoms with E-state index in [1.54, 1.807) is 0 Å². The number of rotatable bonds is 4. The van der Waals surface area contributed by atoms with Crippen LogP contribution in [0.1, 0.15) is 9.67 Å². The van der Waals surface area contributed by atoms with E-state index in [1.165, 1.54) is 0 Å². The van der Waals surface area contributed by atoms with E-state index in [4.69, 9.17) is 5.11 Å². The first-order valence-electron chi connectivity index (χ1n) is 5.03. The van der Waals surface area contributed by atoms with Crippen molar-refractivity contribution in [2.45, 2.75) is 9.10 Å². The van der Waals surface area contributed by atoms with Gasteiger partial charge in [0.05, 0.1) is 4.92 Å². The van der Waals surface area contributed by atoms with Gasteiger partial charge in [-0.3, -0.25) is 10.1 Å². The number of carbonyl (C=O) groups is 1.